The van der Waals surface area contributed by atoms with Crippen molar-refractivity contribution >= 4 is 11.9 Å². The van der Waals surface area contributed by atoms with Crippen LogP contribution in [0.5, 0.6) is 57.5 Å². The summed E-state index contributed by atoms with van der Waals surface area (Å²) in [5.41, 5.74) is 9.37. The minimum atomic E-state index is -1.17. The summed E-state index contributed by atoms with van der Waals surface area (Å²) in [6.45, 7) is 6.04. The van der Waals surface area contributed by atoms with Crippen LogP contribution in [0.4, 0.5) is 0 Å². The third-order valence-electron chi connectivity index (χ3n) is 18.7. The molecule has 18 heterocycles. The highest BCUT2D eigenvalue weighted by atomic mass is 16.7. The fraction of sp³-hybridized carbons (Fsp3) is 0.514. The molecule has 2 N–H and O–H groups in total. The number of carboxylic acid groups (broad SMARTS) is 2. The number of rotatable bonds is 32. The van der Waals surface area contributed by atoms with Crippen molar-refractivity contribution < 1.29 is 67.2 Å². The first-order valence-corrected chi connectivity index (χ1v) is 33.6. The number of aromatic nitrogens is 2. The molecule has 0 saturated carbocycles. The molecule has 480 valence electrons. The normalized spacial score (nSPS) is 17.2. The van der Waals surface area contributed by atoms with E-state index in [1.54, 1.807) is 24.8 Å². The van der Waals surface area contributed by atoms with Crippen LogP contribution in [-0.4, -0.2) is 72.5 Å². The smallest absolute Gasteiger partial charge is 0.341 e. The highest BCUT2D eigenvalue weighted by molar-refractivity contribution is 5.85. The quantitative estimate of drug-likeness (QED) is 0.0379. The minimum absolute atomic E-state index is 0.145. The van der Waals surface area contributed by atoms with Gasteiger partial charge in [0.05, 0.1) is 11.1 Å². The molecule has 22 rings (SSSR count). The average molecular weight is 1230 g/mol. The molecular weight excluding hydrogens is 1140 g/mol. The molecule has 16 nitrogen and oxygen atoms in total. The summed E-state index contributed by atoms with van der Waals surface area (Å²) in [6, 6.07) is 16.9. The molecule has 16 aliphatic rings. The van der Waals surface area contributed by atoms with Gasteiger partial charge in [-0.2, -0.15) is 0 Å². The Labute approximate surface area is 530 Å². The van der Waals surface area contributed by atoms with E-state index < -0.39 is 48.8 Å². The maximum absolute atomic E-state index is 13.0. The Morgan fingerprint density at radius 3 is 0.844 bits per heavy atom. The zero-order valence-electron chi connectivity index (χ0n) is 53.1. The summed E-state index contributed by atoms with van der Waals surface area (Å²) in [5, 5.41) is 21.2. The first-order valence-electron chi connectivity index (χ1n) is 33.6. The molecule has 0 radical (unpaired) electrons. The third kappa shape index (κ3) is 13.9. The monoisotopic (exact) mass is 1230 g/mol. The SMILES string of the molecule is CCCCCCCC1c2cc3c4c(OCC(=O)O)c2OCOc2c5cc(c(c2-c2ccncc2)OCOc2c6cc(c(c2OCC(=O)O)OCOc2c1cc(c(c2-c1ccncc1)OCO4)C6CCCCCCC)C5CCCCCCC)C3CCCCCCC. The molecule has 0 spiro atoms. The number of nitrogens with zero attached hydrogens (tertiary/aromatic N) is 2. The zero-order chi connectivity index (χ0) is 62.3. The molecule has 16 bridgehead atoms. The van der Waals surface area contributed by atoms with E-state index in [-0.39, 0.29) is 38.7 Å². The lowest BCUT2D eigenvalue weighted by Gasteiger charge is -2.37. The van der Waals surface area contributed by atoms with Crippen LogP contribution < -0.4 is 47.4 Å². The van der Waals surface area contributed by atoms with Crippen molar-refractivity contribution in [1.29, 1.82) is 0 Å². The van der Waals surface area contributed by atoms with Gasteiger partial charge in [-0.1, -0.05) is 156 Å². The van der Waals surface area contributed by atoms with Crippen LogP contribution in [0.3, 0.4) is 0 Å². The molecule has 0 saturated heterocycles. The van der Waals surface area contributed by atoms with E-state index in [0.717, 1.165) is 184 Å². The van der Waals surface area contributed by atoms with E-state index in [1.807, 2.05) is 24.3 Å². The summed E-state index contributed by atoms with van der Waals surface area (Å²) in [4.78, 5) is 35.0. The second kappa shape index (κ2) is 30.8. The topological polar surface area (TPSA) is 193 Å². The molecule has 16 heteroatoms. The Bertz CT molecular complexity index is 3050. The summed E-state index contributed by atoms with van der Waals surface area (Å²) in [5.74, 6) is -0.841. The van der Waals surface area contributed by atoms with Gasteiger partial charge in [0.2, 0.25) is 38.7 Å². The number of aliphatic carboxylic acids is 2. The summed E-state index contributed by atoms with van der Waals surface area (Å²) in [7, 11) is 0. The molecule has 2 aromatic heterocycles. The van der Waals surface area contributed by atoms with Gasteiger partial charge in [0.15, 0.2) is 36.2 Å². The van der Waals surface area contributed by atoms with Crippen molar-refractivity contribution in [3.05, 3.63) is 118 Å². The highest BCUT2D eigenvalue weighted by Gasteiger charge is 2.43. The number of benzene rings is 4. The van der Waals surface area contributed by atoms with Gasteiger partial charge in [0.25, 0.3) is 0 Å². The van der Waals surface area contributed by atoms with Crippen LogP contribution in [0.1, 0.15) is 250 Å². The summed E-state index contributed by atoms with van der Waals surface area (Å²) >= 11 is 0. The van der Waals surface area contributed by atoms with Crippen LogP contribution >= 0.6 is 0 Å². The molecule has 16 aliphatic heterocycles. The number of hydrogen-bond donors (Lipinski definition) is 2. The van der Waals surface area contributed by atoms with E-state index in [0.29, 0.717) is 82.8 Å². The molecule has 4 aromatic carbocycles. The van der Waals surface area contributed by atoms with Crippen LogP contribution in [0, 0.1) is 0 Å². The standard InChI is InChI=1S/C74H90N2O14/c1-5-9-13-17-21-25-49-53-37-54-50(26-22-18-14-10-6-2)59-40-60-52(28-24-20-16-12-8-4)56-38-55-51(27-23-19-15-11-7-3)58-39-57(49)69-73(81-41-61(77)78)70(58)89-45-85-66(54)63(47-29-33-75-34-30-47)65(53)83-43-88-72(60)74(82-42-62(79)80)71(59)90-46-86-67(55)64(68(56)84-44-87-69)48-31-35-76-36-32-48/h29-40,49-52H,5-28,41-46H2,1-4H3,(H,77,78)(H,79,80). The van der Waals surface area contributed by atoms with Crippen LogP contribution in [-0.2, 0) is 9.59 Å². The van der Waals surface area contributed by atoms with Gasteiger partial charge >= 0.3 is 11.9 Å². The van der Waals surface area contributed by atoms with Crippen LogP contribution in [0.25, 0.3) is 22.3 Å². The number of carbonyl (C=O) groups is 2. The largest absolute Gasteiger partial charge is 0.479 e. The van der Waals surface area contributed by atoms with Crippen molar-refractivity contribution in [2.75, 3.05) is 40.4 Å². The van der Waals surface area contributed by atoms with Gasteiger partial charge < -0.3 is 57.6 Å². The van der Waals surface area contributed by atoms with Gasteiger partial charge in [-0.25, -0.2) is 9.59 Å². The molecule has 0 fully saturated rings. The Hall–Kier alpha value is -7.88. The molecule has 0 aliphatic carbocycles. The summed E-state index contributed by atoms with van der Waals surface area (Å²) < 4.78 is 72.3. The van der Waals surface area contributed by atoms with Gasteiger partial charge in [0, 0.05) is 93.0 Å². The lowest BCUT2D eigenvalue weighted by molar-refractivity contribution is -0.140. The van der Waals surface area contributed by atoms with E-state index in [9.17, 15) is 19.8 Å². The number of pyridine rings is 2. The number of unbranched alkanes of at least 4 members (excludes halogenated alkanes) is 16. The Morgan fingerprint density at radius 1 is 0.367 bits per heavy atom. The second-order valence-corrected chi connectivity index (χ2v) is 24.7. The number of ether oxygens (including phenoxy) is 10. The minimum Gasteiger partial charge on any atom is -0.479 e. The van der Waals surface area contributed by atoms with Gasteiger partial charge in [-0.05, 0) is 85.3 Å². The van der Waals surface area contributed by atoms with E-state index in [2.05, 4.69) is 61.9 Å². The van der Waals surface area contributed by atoms with Gasteiger partial charge in [-0.3, -0.25) is 9.97 Å². The third-order valence-corrected chi connectivity index (χ3v) is 18.7. The van der Waals surface area contributed by atoms with Crippen molar-refractivity contribution in [1.82, 2.24) is 9.97 Å². The van der Waals surface area contributed by atoms with Crippen LogP contribution in [0.2, 0.25) is 0 Å². The predicted octanol–water partition coefficient (Wildman–Crippen LogP) is 17.9. The summed E-state index contributed by atoms with van der Waals surface area (Å²) in [6.07, 6.45) is 29.4. The van der Waals surface area contributed by atoms with Gasteiger partial charge in [-0.15, -0.1) is 0 Å². The lowest BCUT2D eigenvalue weighted by atomic mass is 9.74. The molecule has 6 aromatic rings. The number of carboxylic acids is 2. The Kier molecular flexibility index (Phi) is 21.8. The van der Waals surface area contributed by atoms with Gasteiger partial charge in [0.1, 0.15) is 23.0 Å². The predicted molar refractivity (Wildman–Crippen MR) is 344 cm³/mol. The van der Waals surface area contributed by atoms with Crippen molar-refractivity contribution in [3.63, 3.8) is 0 Å². The van der Waals surface area contributed by atoms with Crippen molar-refractivity contribution in [3.8, 4) is 79.7 Å². The zero-order valence-corrected chi connectivity index (χ0v) is 53.1. The first kappa shape index (κ1) is 63.7. The Morgan fingerprint density at radius 2 is 0.600 bits per heavy atom. The fourth-order valence-electron chi connectivity index (χ4n) is 14.4. The highest BCUT2D eigenvalue weighted by Crippen LogP contribution is 2.62. The van der Waals surface area contributed by atoms with Crippen LogP contribution in [0.15, 0.2) is 73.3 Å². The van der Waals surface area contributed by atoms with Crippen molar-refractivity contribution in [2.45, 2.75) is 205 Å². The molecular formula is C74H90N2O14. The molecule has 4 atom stereocenters. The maximum atomic E-state index is 13.0. The molecule has 90 heavy (non-hydrogen) atoms. The lowest BCUT2D eigenvalue weighted by Crippen LogP contribution is -2.25. The maximum Gasteiger partial charge on any atom is 0.341 e. The van der Waals surface area contributed by atoms with E-state index in [1.165, 1.54) is 0 Å². The number of hydrogen-bond acceptors (Lipinski definition) is 14. The average Bonchev–Trinajstić information content (AvgIpc) is 0.969. The van der Waals surface area contributed by atoms with E-state index in [4.69, 9.17) is 47.4 Å². The first-order chi connectivity index (χ1) is 44.2. The fourth-order valence-corrected chi connectivity index (χ4v) is 14.4. The van der Waals surface area contributed by atoms with E-state index >= 15 is 0 Å². The Balaban J connectivity index is 1.37. The second-order valence-electron chi connectivity index (χ2n) is 24.7. The molecule has 4 unspecified atom stereocenters. The molecule has 0 amide bonds. The van der Waals surface area contributed by atoms with Crippen molar-refractivity contribution in [2.24, 2.45) is 0 Å².